The van der Waals surface area contributed by atoms with Crippen molar-refractivity contribution >= 4 is 54.9 Å². The predicted molar refractivity (Wildman–Crippen MR) is 99.3 cm³/mol. The van der Waals surface area contributed by atoms with Crippen molar-refractivity contribution in [2.45, 2.75) is 0 Å². The first kappa shape index (κ1) is 13.3. The average Bonchev–Trinajstić information content (AvgIpc) is 3.05. The highest BCUT2D eigenvalue weighted by molar-refractivity contribution is 7.77. The van der Waals surface area contributed by atoms with Gasteiger partial charge >= 0.3 is 0 Å². The predicted octanol–water partition coefficient (Wildman–Crippen LogP) is 7.09. The highest BCUT2D eigenvalue weighted by Gasteiger charge is 2.17. The first-order chi connectivity index (χ1) is 10.3. The van der Waals surface area contributed by atoms with Gasteiger partial charge in [0.2, 0.25) is 0 Å². The molecule has 0 spiro atoms. The van der Waals surface area contributed by atoms with E-state index >= 15 is 0 Å². The molecule has 2 aromatic carbocycles. The fourth-order valence-electron chi connectivity index (χ4n) is 2.39. The topological polar surface area (TPSA) is 0 Å². The van der Waals surface area contributed by atoms with Gasteiger partial charge in [-0.3, -0.25) is 0 Å². The molecule has 0 atom stereocenters. The minimum atomic E-state index is 1.01. The molecule has 2 aromatic heterocycles. The quantitative estimate of drug-likeness (QED) is 0.350. The zero-order valence-electron chi connectivity index (χ0n) is 10.9. The highest BCUT2D eigenvalue weighted by Crippen LogP contribution is 2.49. The number of fused-ring (bicyclic) bond motifs is 1. The summed E-state index contributed by atoms with van der Waals surface area (Å²) in [6.07, 6.45) is 0. The summed E-state index contributed by atoms with van der Waals surface area (Å²) in [6.45, 7) is 0. The van der Waals surface area contributed by atoms with Gasteiger partial charge in [0, 0.05) is 10.4 Å². The van der Waals surface area contributed by atoms with Crippen molar-refractivity contribution in [1.82, 2.24) is 0 Å². The molecule has 0 saturated carbocycles. The molecular weight excluding hydrogens is 332 g/mol. The van der Waals surface area contributed by atoms with Crippen LogP contribution in [-0.2, 0) is 0 Å². The van der Waals surface area contributed by atoms with Gasteiger partial charge in [-0.05, 0) is 11.1 Å². The van der Waals surface area contributed by atoms with Crippen LogP contribution < -0.4 is 0 Å². The molecule has 0 fully saturated rings. The molecule has 0 amide bonds. The summed E-state index contributed by atoms with van der Waals surface area (Å²) >= 11 is 10.7. The Morgan fingerprint density at radius 3 is 1.95 bits per heavy atom. The molecule has 0 saturated heterocycles. The lowest BCUT2D eigenvalue weighted by Gasteiger charge is -2.04. The van der Waals surface area contributed by atoms with Crippen LogP contribution in [0.5, 0.6) is 0 Å². The van der Waals surface area contributed by atoms with Crippen LogP contribution in [0.25, 0.3) is 30.3 Å². The van der Waals surface area contributed by atoms with Crippen LogP contribution in [0, 0.1) is 3.14 Å². The monoisotopic (exact) mass is 342 g/mol. The minimum absolute atomic E-state index is 1.01. The van der Waals surface area contributed by atoms with Crippen LogP contribution in [0.2, 0.25) is 0 Å². The van der Waals surface area contributed by atoms with Gasteiger partial charge in [0.15, 0.2) is 0 Å². The zero-order valence-corrected chi connectivity index (χ0v) is 14.2. The molecule has 0 bridgehead atoms. The molecule has 0 aliphatic carbocycles. The molecule has 0 aliphatic rings. The maximum absolute atomic E-state index is 5.38. The van der Waals surface area contributed by atoms with E-state index < -0.39 is 0 Å². The third kappa shape index (κ3) is 2.38. The Morgan fingerprint density at radius 2 is 1.29 bits per heavy atom. The fourth-order valence-corrected chi connectivity index (χ4v) is 6.98. The van der Waals surface area contributed by atoms with Crippen LogP contribution in [0.4, 0.5) is 0 Å². The Kier molecular flexibility index (Phi) is 3.47. The van der Waals surface area contributed by atoms with Crippen LogP contribution in [-0.4, -0.2) is 0 Å². The SMILES string of the molecule is S=c1sc2sc(-c3ccccc3)c(-c3ccccc3)c2s1. The van der Waals surface area contributed by atoms with E-state index in [9.17, 15) is 0 Å². The van der Waals surface area contributed by atoms with E-state index in [4.69, 9.17) is 12.2 Å². The number of hydrogen-bond acceptors (Lipinski definition) is 4. The maximum Gasteiger partial charge on any atom is 0.145 e. The maximum atomic E-state index is 5.38. The fraction of sp³-hybridized carbons (Fsp3) is 0. The van der Waals surface area contributed by atoms with Crippen LogP contribution in [0.3, 0.4) is 0 Å². The van der Waals surface area contributed by atoms with Gasteiger partial charge in [-0.1, -0.05) is 72.9 Å². The summed E-state index contributed by atoms with van der Waals surface area (Å²) in [5, 5.41) is 0. The number of benzene rings is 2. The van der Waals surface area contributed by atoms with Gasteiger partial charge in [0.1, 0.15) is 7.15 Å². The number of hydrogen-bond donors (Lipinski definition) is 0. The largest absolute Gasteiger partial charge is 0.145 e. The smallest absolute Gasteiger partial charge is 0.123 e. The summed E-state index contributed by atoms with van der Waals surface area (Å²) < 4.78 is 3.68. The number of rotatable bonds is 2. The standard InChI is InChI=1S/C17H10S4/c18-17-20-15-13(11-7-3-1-4-8-11)14(19-16(15)21-17)12-9-5-2-6-10-12/h1-10H. The van der Waals surface area contributed by atoms with Crippen molar-refractivity contribution in [2.24, 2.45) is 0 Å². The molecule has 4 rings (SSSR count). The van der Waals surface area contributed by atoms with Gasteiger partial charge in [-0.15, -0.1) is 34.0 Å². The summed E-state index contributed by atoms with van der Waals surface area (Å²) in [4.78, 5) is 1.34. The van der Waals surface area contributed by atoms with E-state index in [-0.39, 0.29) is 0 Å². The Bertz CT molecular complexity index is 943. The molecule has 0 aliphatic heterocycles. The minimum Gasteiger partial charge on any atom is -0.123 e. The average molecular weight is 343 g/mol. The van der Waals surface area contributed by atoms with Crippen LogP contribution >= 0.6 is 46.2 Å². The van der Waals surface area contributed by atoms with Gasteiger partial charge in [-0.25, -0.2) is 0 Å². The third-order valence-electron chi connectivity index (χ3n) is 3.29. The molecule has 0 nitrogen and oxygen atoms in total. The summed E-state index contributed by atoms with van der Waals surface area (Å²) in [5.74, 6) is 0. The highest BCUT2D eigenvalue weighted by atomic mass is 32.2. The third-order valence-corrected chi connectivity index (χ3v) is 7.42. The lowest BCUT2D eigenvalue weighted by atomic mass is 10.0. The lowest BCUT2D eigenvalue weighted by molar-refractivity contribution is 1.67. The molecule has 0 unspecified atom stereocenters. The van der Waals surface area contributed by atoms with E-state index in [2.05, 4.69) is 60.7 Å². The molecule has 4 heteroatoms. The van der Waals surface area contributed by atoms with E-state index in [1.54, 1.807) is 22.7 Å². The Morgan fingerprint density at radius 1 is 0.667 bits per heavy atom. The van der Waals surface area contributed by atoms with Crippen molar-refractivity contribution in [3.05, 3.63) is 63.8 Å². The zero-order chi connectivity index (χ0) is 14.2. The summed E-state index contributed by atoms with van der Waals surface area (Å²) in [5.41, 5.74) is 3.88. The second kappa shape index (κ2) is 5.46. The van der Waals surface area contributed by atoms with Gasteiger partial charge < -0.3 is 0 Å². The summed E-state index contributed by atoms with van der Waals surface area (Å²) in [6, 6.07) is 21.2. The Balaban J connectivity index is 2.08. The first-order valence-corrected chi connectivity index (χ1v) is 9.36. The first-order valence-electron chi connectivity index (χ1n) is 6.50. The van der Waals surface area contributed by atoms with Crippen molar-refractivity contribution in [2.75, 3.05) is 0 Å². The molecular formula is C17H10S4. The Hall–Kier alpha value is -1.33. The van der Waals surface area contributed by atoms with Crippen molar-refractivity contribution in [3.8, 4) is 21.6 Å². The Labute approximate surface area is 140 Å². The molecule has 21 heavy (non-hydrogen) atoms. The van der Waals surface area contributed by atoms with Crippen LogP contribution in [0.15, 0.2) is 60.7 Å². The van der Waals surface area contributed by atoms with Crippen molar-refractivity contribution < 1.29 is 0 Å². The van der Waals surface area contributed by atoms with E-state index in [0.29, 0.717) is 0 Å². The normalized spacial score (nSPS) is 11.0. The van der Waals surface area contributed by atoms with Crippen molar-refractivity contribution in [1.29, 1.82) is 0 Å². The molecule has 4 aromatic rings. The van der Waals surface area contributed by atoms with Gasteiger partial charge in [0.25, 0.3) is 0 Å². The number of thiophene rings is 1. The molecule has 0 radical (unpaired) electrons. The van der Waals surface area contributed by atoms with Crippen molar-refractivity contribution in [3.63, 3.8) is 0 Å². The summed E-state index contributed by atoms with van der Waals surface area (Å²) in [7, 11) is 0. The van der Waals surface area contributed by atoms with E-state index in [1.807, 2.05) is 11.3 Å². The molecule has 2 heterocycles. The van der Waals surface area contributed by atoms with Gasteiger partial charge in [-0.2, -0.15) is 0 Å². The van der Waals surface area contributed by atoms with E-state index in [1.165, 1.54) is 30.3 Å². The van der Waals surface area contributed by atoms with Gasteiger partial charge in [0.05, 0.1) is 4.70 Å². The molecule has 0 N–H and O–H groups in total. The van der Waals surface area contributed by atoms with Crippen LogP contribution in [0.1, 0.15) is 0 Å². The second-order valence-corrected chi connectivity index (χ2v) is 9.11. The second-order valence-electron chi connectivity index (χ2n) is 4.61. The lowest BCUT2D eigenvalue weighted by Crippen LogP contribution is -1.78. The van der Waals surface area contributed by atoms with E-state index in [0.717, 1.165) is 3.14 Å². The molecule has 102 valence electrons.